The molecule has 0 aromatic carbocycles. The largest absolute Gasteiger partial charge is 0.463 e. The van der Waals surface area contributed by atoms with Gasteiger partial charge in [0, 0.05) is 18.7 Å². The first-order valence-electron chi connectivity index (χ1n) is 5.73. The minimum atomic E-state index is -0.484. The SMILES string of the molecule is CCCC(O)CNC(=O)c1cc2occc2[nH]1. The van der Waals surface area contributed by atoms with E-state index < -0.39 is 6.10 Å². The Labute approximate surface area is 98.8 Å². The maximum atomic E-state index is 11.7. The molecule has 0 saturated heterocycles. The van der Waals surface area contributed by atoms with Crippen LogP contribution < -0.4 is 5.32 Å². The van der Waals surface area contributed by atoms with Crippen molar-refractivity contribution in [3.63, 3.8) is 0 Å². The van der Waals surface area contributed by atoms with E-state index in [0.717, 1.165) is 11.9 Å². The summed E-state index contributed by atoms with van der Waals surface area (Å²) in [7, 11) is 0. The maximum absolute atomic E-state index is 11.7. The minimum absolute atomic E-state index is 0.230. The molecule has 0 spiro atoms. The molecule has 1 amide bonds. The fraction of sp³-hybridized carbons (Fsp3) is 0.417. The lowest BCUT2D eigenvalue weighted by Crippen LogP contribution is -2.32. The highest BCUT2D eigenvalue weighted by molar-refractivity contribution is 5.96. The second-order valence-corrected chi connectivity index (χ2v) is 4.03. The molecule has 1 unspecified atom stereocenters. The van der Waals surface area contributed by atoms with Gasteiger partial charge >= 0.3 is 0 Å². The number of rotatable bonds is 5. The van der Waals surface area contributed by atoms with E-state index in [4.69, 9.17) is 4.42 Å². The molecule has 2 heterocycles. The van der Waals surface area contributed by atoms with Crippen LogP contribution in [0.3, 0.4) is 0 Å². The summed E-state index contributed by atoms with van der Waals surface area (Å²) in [5, 5.41) is 12.2. The summed E-state index contributed by atoms with van der Waals surface area (Å²) in [6.07, 6.45) is 2.66. The number of nitrogens with one attached hydrogen (secondary N) is 2. The van der Waals surface area contributed by atoms with Gasteiger partial charge in [-0.25, -0.2) is 0 Å². The van der Waals surface area contributed by atoms with Crippen LogP contribution >= 0.6 is 0 Å². The molecule has 17 heavy (non-hydrogen) atoms. The van der Waals surface area contributed by atoms with Crippen molar-refractivity contribution in [3.05, 3.63) is 24.1 Å². The van der Waals surface area contributed by atoms with E-state index in [9.17, 15) is 9.90 Å². The number of aliphatic hydroxyl groups excluding tert-OH is 1. The summed E-state index contributed by atoms with van der Waals surface area (Å²) in [4.78, 5) is 14.7. The second kappa shape index (κ2) is 5.05. The Kier molecular flexibility index (Phi) is 3.49. The Bertz CT molecular complexity index is 472. The lowest BCUT2D eigenvalue weighted by atomic mass is 10.2. The van der Waals surface area contributed by atoms with Crippen molar-refractivity contribution in [2.45, 2.75) is 25.9 Å². The van der Waals surface area contributed by atoms with Gasteiger partial charge in [-0.2, -0.15) is 0 Å². The van der Waals surface area contributed by atoms with Crippen molar-refractivity contribution < 1.29 is 14.3 Å². The van der Waals surface area contributed by atoms with E-state index in [2.05, 4.69) is 10.3 Å². The summed E-state index contributed by atoms with van der Waals surface area (Å²) in [5.74, 6) is -0.230. The third-order valence-electron chi connectivity index (χ3n) is 2.60. The number of furan rings is 1. The van der Waals surface area contributed by atoms with Crippen molar-refractivity contribution in [2.75, 3.05) is 6.54 Å². The van der Waals surface area contributed by atoms with Crippen molar-refractivity contribution >= 4 is 17.0 Å². The van der Waals surface area contributed by atoms with Gasteiger partial charge in [0.05, 0.1) is 17.9 Å². The second-order valence-electron chi connectivity index (χ2n) is 4.03. The van der Waals surface area contributed by atoms with Crippen LogP contribution in [-0.4, -0.2) is 28.6 Å². The van der Waals surface area contributed by atoms with E-state index in [-0.39, 0.29) is 12.5 Å². The molecule has 5 nitrogen and oxygen atoms in total. The number of fused-ring (bicyclic) bond motifs is 1. The summed E-state index contributed by atoms with van der Waals surface area (Å²) in [5.41, 5.74) is 1.90. The molecule has 0 aliphatic heterocycles. The van der Waals surface area contributed by atoms with Gasteiger partial charge in [-0.15, -0.1) is 0 Å². The third kappa shape index (κ3) is 2.68. The Morgan fingerprint density at radius 3 is 3.18 bits per heavy atom. The van der Waals surface area contributed by atoms with Gasteiger partial charge in [0.25, 0.3) is 5.91 Å². The third-order valence-corrected chi connectivity index (χ3v) is 2.60. The average molecular weight is 236 g/mol. The zero-order valence-electron chi connectivity index (χ0n) is 9.69. The fourth-order valence-corrected chi connectivity index (χ4v) is 1.71. The number of carbonyl (C=O) groups excluding carboxylic acids is 1. The average Bonchev–Trinajstić information content (AvgIpc) is 2.86. The van der Waals surface area contributed by atoms with Crippen LogP contribution in [0.4, 0.5) is 0 Å². The first-order chi connectivity index (χ1) is 8.20. The van der Waals surface area contributed by atoms with Gasteiger partial charge in [-0.1, -0.05) is 13.3 Å². The topological polar surface area (TPSA) is 78.3 Å². The quantitative estimate of drug-likeness (QED) is 0.738. The number of hydrogen-bond donors (Lipinski definition) is 3. The van der Waals surface area contributed by atoms with E-state index in [1.54, 1.807) is 18.4 Å². The summed E-state index contributed by atoms with van der Waals surface area (Å²) >= 11 is 0. The monoisotopic (exact) mass is 236 g/mol. The van der Waals surface area contributed by atoms with Crippen LogP contribution in [0, 0.1) is 0 Å². The molecule has 0 radical (unpaired) electrons. The molecule has 0 saturated carbocycles. The Morgan fingerprint density at radius 1 is 1.65 bits per heavy atom. The predicted molar refractivity (Wildman–Crippen MR) is 63.8 cm³/mol. The van der Waals surface area contributed by atoms with E-state index >= 15 is 0 Å². The molecule has 0 fully saturated rings. The van der Waals surface area contributed by atoms with Crippen LogP contribution in [0.25, 0.3) is 11.1 Å². The normalized spacial score (nSPS) is 12.8. The zero-order valence-corrected chi connectivity index (χ0v) is 9.69. The van der Waals surface area contributed by atoms with E-state index in [1.807, 2.05) is 6.92 Å². The Balaban J connectivity index is 1.94. The molecule has 0 aliphatic rings. The van der Waals surface area contributed by atoms with Crippen molar-refractivity contribution in [2.24, 2.45) is 0 Å². The molecule has 2 rings (SSSR count). The zero-order chi connectivity index (χ0) is 12.3. The predicted octanol–water partition coefficient (Wildman–Crippen LogP) is 1.65. The highest BCUT2D eigenvalue weighted by Crippen LogP contribution is 2.15. The lowest BCUT2D eigenvalue weighted by molar-refractivity contribution is 0.0906. The minimum Gasteiger partial charge on any atom is -0.463 e. The molecule has 0 bridgehead atoms. The van der Waals surface area contributed by atoms with Gasteiger partial charge in [0.2, 0.25) is 0 Å². The van der Waals surface area contributed by atoms with E-state index in [1.165, 1.54) is 0 Å². The van der Waals surface area contributed by atoms with Crippen molar-refractivity contribution in [3.8, 4) is 0 Å². The van der Waals surface area contributed by atoms with Crippen LogP contribution in [0.2, 0.25) is 0 Å². The van der Waals surface area contributed by atoms with Gasteiger partial charge in [-0.05, 0) is 6.42 Å². The molecular weight excluding hydrogens is 220 g/mol. The molecule has 2 aromatic heterocycles. The number of carbonyl (C=O) groups is 1. The first-order valence-corrected chi connectivity index (χ1v) is 5.73. The van der Waals surface area contributed by atoms with Crippen LogP contribution in [0.5, 0.6) is 0 Å². The molecule has 2 aromatic rings. The Morgan fingerprint density at radius 2 is 2.47 bits per heavy atom. The van der Waals surface area contributed by atoms with Crippen molar-refractivity contribution in [1.29, 1.82) is 0 Å². The van der Waals surface area contributed by atoms with Crippen LogP contribution in [0.15, 0.2) is 22.8 Å². The van der Waals surface area contributed by atoms with Gasteiger partial charge < -0.3 is 19.8 Å². The lowest BCUT2D eigenvalue weighted by Gasteiger charge is -2.09. The number of aromatic nitrogens is 1. The fourth-order valence-electron chi connectivity index (χ4n) is 1.71. The molecule has 92 valence electrons. The van der Waals surface area contributed by atoms with Gasteiger partial charge in [0.1, 0.15) is 5.69 Å². The van der Waals surface area contributed by atoms with Crippen LogP contribution in [0.1, 0.15) is 30.3 Å². The van der Waals surface area contributed by atoms with Gasteiger partial charge in [0.15, 0.2) is 5.58 Å². The van der Waals surface area contributed by atoms with Crippen molar-refractivity contribution in [1.82, 2.24) is 10.3 Å². The van der Waals surface area contributed by atoms with Crippen LogP contribution in [-0.2, 0) is 0 Å². The number of amides is 1. The summed E-state index contributed by atoms with van der Waals surface area (Å²) < 4.78 is 5.15. The summed E-state index contributed by atoms with van der Waals surface area (Å²) in [6.45, 7) is 2.26. The Hall–Kier alpha value is -1.75. The highest BCUT2D eigenvalue weighted by atomic mass is 16.3. The smallest absolute Gasteiger partial charge is 0.267 e. The molecule has 1 atom stereocenters. The molecular formula is C12H16N2O3. The number of aliphatic hydroxyl groups is 1. The number of aromatic amines is 1. The molecule has 3 N–H and O–H groups in total. The number of hydrogen-bond acceptors (Lipinski definition) is 3. The standard InChI is InChI=1S/C12H16N2O3/c1-2-3-8(15)7-13-12(16)10-6-11-9(14-10)4-5-17-11/h4-6,8,14-15H,2-3,7H2,1H3,(H,13,16). The highest BCUT2D eigenvalue weighted by Gasteiger charge is 2.12. The molecule has 5 heteroatoms. The summed E-state index contributed by atoms with van der Waals surface area (Å²) in [6, 6.07) is 3.41. The number of H-pyrrole nitrogens is 1. The van der Waals surface area contributed by atoms with E-state index in [0.29, 0.717) is 17.7 Å². The first kappa shape index (κ1) is 11.7. The molecule has 0 aliphatic carbocycles. The maximum Gasteiger partial charge on any atom is 0.267 e. The van der Waals surface area contributed by atoms with Gasteiger partial charge in [-0.3, -0.25) is 4.79 Å².